The van der Waals surface area contributed by atoms with Gasteiger partial charge in [0, 0.05) is 31.8 Å². The maximum absolute atomic E-state index is 10.3. The van der Waals surface area contributed by atoms with Crippen LogP contribution in [0.4, 0.5) is 0 Å². The Morgan fingerprint density at radius 1 is 1.28 bits per heavy atom. The topological polar surface area (TPSA) is 111 Å². The molecule has 1 aromatic heterocycles. The summed E-state index contributed by atoms with van der Waals surface area (Å²) in [6.07, 6.45) is 9.72. The zero-order valence-electron chi connectivity index (χ0n) is 20.2. The summed E-state index contributed by atoms with van der Waals surface area (Å²) in [7, 11) is 2.02. The third kappa shape index (κ3) is 10.2. The summed E-state index contributed by atoms with van der Waals surface area (Å²) in [5.74, 6) is 1.15. The Morgan fingerprint density at radius 3 is 2.44 bits per heavy atom. The molecule has 6 nitrogen and oxygen atoms in total. The number of hydrogen-bond donors (Lipinski definition) is 3. The summed E-state index contributed by atoms with van der Waals surface area (Å²) in [4.78, 5) is 24.4. The standard InChI is InChI=1S/C13H15NOS.C9H20N2.C3H7NO/c1-9(2)10-5-6-11-12(8-10)16-13(14-11)4-3-7-15;1-11-9(7-10)8-5-3-2-4-6-8;1-2-3(4)5/h5-9H,3-4H2,1-2H3;8-9,11H,2-7,10H2,1H3;2H2,1H3,(H2,4,5)/t;9-;/m.1./s1. The minimum atomic E-state index is -0.245. The normalized spacial score (nSPS) is 14.8. The molecular weight excluding hydrogens is 420 g/mol. The van der Waals surface area contributed by atoms with Gasteiger partial charge in [0.05, 0.1) is 15.2 Å². The van der Waals surface area contributed by atoms with E-state index >= 15 is 0 Å². The van der Waals surface area contributed by atoms with Gasteiger partial charge in [-0.2, -0.15) is 0 Å². The Kier molecular flexibility index (Phi) is 14.0. The van der Waals surface area contributed by atoms with E-state index in [1.807, 2.05) is 7.05 Å². The maximum atomic E-state index is 10.3. The molecule has 0 aliphatic heterocycles. The summed E-state index contributed by atoms with van der Waals surface area (Å²) >= 11 is 1.70. The van der Waals surface area contributed by atoms with E-state index in [1.54, 1.807) is 18.3 Å². The molecule has 32 heavy (non-hydrogen) atoms. The first-order valence-electron chi connectivity index (χ1n) is 11.8. The van der Waals surface area contributed by atoms with Crippen molar-refractivity contribution in [1.82, 2.24) is 10.3 Å². The number of likely N-dealkylation sites (N-methyl/N-ethyl adjacent to an activating group) is 1. The lowest BCUT2D eigenvalue weighted by atomic mass is 9.84. The quantitative estimate of drug-likeness (QED) is 0.499. The number of nitrogens with zero attached hydrogens (tertiary/aromatic N) is 1. The van der Waals surface area contributed by atoms with Gasteiger partial charge in [-0.15, -0.1) is 11.3 Å². The Hall–Kier alpha value is -1.83. The first kappa shape index (κ1) is 28.2. The van der Waals surface area contributed by atoms with Crippen LogP contribution in [0, 0.1) is 5.92 Å². The SMILES string of the molecule is CC(C)c1ccc2nc(CCC=O)sc2c1.CCC(N)=O.CN[C@H](CN)C1CCCCC1. The predicted molar refractivity (Wildman–Crippen MR) is 136 cm³/mol. The number of benzene rings is 1. The van der Waals surface area contributed by atoms with Crippen molar-refractivity contribution < 1.29 is 9.59 Å². The number of carbonyl (C=O) groups excluding carboxylic acids is 2. The van der Waals surface area contributed by atoms with Crippen molar-refractivity contribution in [2.45, 2.75) is 84.1 Å². The molecule has 1 aliphatic carbocycles. The molecule has 1 heterocycles. The highest BCUT2D eigenvalue weighted by atomic mass is 32.1. The van der Waals surface area contributed by atoms with Crippen LogP contribution in [0.15, 0.2) is 18.2 Å². The summed E-state index contributed by atoms with van der Waals surface area (Å²) in [6.45, 7) is 6.90. The second-order valence-electron chi connectivity index (χ2n) is 8.54. The zero-order chi connectivity index (χ0) is 23.9. The van der Waals surface area contributed by atoms with E-state index in [1.165, 1.54) is 42.4 Å². The van der Waals surface area contributed by atoms with Gasteiger partial charge in [-0.05, 0) is 49.4 Å². The fourth-order valence-corrected chi connectivity index (χ4v) is 4.75. The van der Waals surface area contributed by atoms with E-state index in [9.17, 15) is 9.59 Å². The largest absolute Gasteiger partial charge is 0.370 e. The molecule has 1 aromatic carbocycles. The number of aldehydes is 1. The number of aryl methyl sites for hydroxylation is 1. The number of carbonyl (C=O) groups is 2. The molecular formula is C25H42N4O2S. The highest BCUT2D eigenvalue weighted by Crippen LogP contribution is 2.27. The average molecular weight is 463 g/mol. The van der Waals surface area contributed by atoms with E-state index in [-0.39, 0.29) is 5.91 Å². The first-order chi connectivity index (χ1) is 15.4. The van der Waals surface area contributed by atoms with Crippen LogP contribution in [0.25, 0.3) is 10.2 Å². The minimum absolute atomic E-state index is 0.245. The van der Waals surface area contributed by atoms with Crippen molar-refractivity contribution in [2.24, 2.45) is 17.4 Å². The van der Waals surface area contributed by atoms with Gasteiger partial charge in [0.2, 0.25) is 5.91 Å². The predicted octanol–water partition coefficient (Wildman–Crippen LogP) is 4.55. The number of primary amides is 1. The fourth-order valence-electron chi connectivity index (χ4n) is 3.72. The lowest BCUT2D eigenvalue weighted by Gasteiger charge is -2.28. The molecule has 0 saturated heterocycles. The number of nitrogens with two attached hydrogens (primary N) is 2. The molecule has 1 aliphatic rings. The van der Waals surface area contributed by atoms with Crippen molar-refractivity contribution in [2.75, 3.05) is 13.6 Å². The number of nitrogens with one attached hydrogen (secondary N) is 1. The Balaban J connectivity index is 0.000000278. The maximum Gasteiger partial charge on any atom is 0.217 e. The molecule has 0 radical (unpaired) electrons. The van der Waals surface area contributed by atoms with Gasteiger partial charge < -0.3 is 21.6 Å². The molecule has 2 aromatic rings. The van der Waals surface area contributed by atoms with Crippen molar-refractivity contribution in [3.05, 3.63) is 28.8 Å². The van der Waals surface area contributed by atoms with Crippen LogP contribution in [-0.2, 0) is 16.0 Å². The number of rotatable bonds is 8. The summed E-state index contributed by atoms with van der Waals surface area (Å²) in [6, 6.07) is 6.99. The molecule has 1 fully saturated rings. The molecule has 1 amide bonds. The third-order valence-corrected chi connectivity index (χ3v) is 6.87. The van der Waals surface area contributed by atoms with E-state index in [0.717, 1.165) is 35.7 Å². The molecule has 3 rings (SSSR count). The van der Waals surface area contributed by atoms with Crippen molar-refractivity contribution in [1.29, 1.82) is 0 Å². The molecule has 180 valence electrons. The van der Waals surface area contributed by atoms with Crippen LogP contribution in [0.1, 0.15) is 82.2 Å². The lowest BCUT2D eigenvalue weighted by molar-refractivity contribution is -0.117. The van der Waals surface area contributed by atoms with Gasteiger partial charge in [-0.1, -0.05) is 46.1 Å². The van der Waals surface area contributed by atoms with Crippen LogP contribution in [0.2, 0.25) is 0 Å². The molecule has 7 heteroatoms. The van der Waals surface area contributed by atoms with E-state index in [2.05, 4.69) is 48.1 Å². The lowest BCUT2D eigenvalue weighted by Crippen LogP contribution is -2.40. The van der Waals surface area contributed by atoms with Crippen molar-refractivity contribution >= 4 is 33.7 Å². The number of thiazole rings is 1. The molecule has 0 unspecified atom stereocenters. The van der Waals surface area contributed by atoms with Crippen molar-refractivity contribution in [3.8, 4) is 0 Å². The van der Waals surface area contributed by atoms with Crippen LogP contribution < -0.4 is 16.8 Å². The highest BCUT2D eigenvalue weighted by molar-refractivity contribution is 7.18. The Bertz CT molecular complexity index is 796. The summed E-state index contributed by atoms with van der Waals surface area (Å²) in [5.41, 5.74) is 12.7. The van der Waals surface area contributed by atoms with E-state index in [4.69, 9.17) is 5.73 Å². The third-order valence-electron chi connectivity index (χ3n) is 5.79. The van der Waals surface area contributed by atoms with E-state index in [0.29, 0.717) is 24.8 Å². The number of amides is 1. The average Bonchev–Trinajstić information content (AvgIpc) is 3.22. The molecule has 5 N–H and O–H groups in total. The number of fused-ring (bicyclic) bond motifs is 1. The van der Waals surface area contributed by atoms with Gasteiger partial charge in [-0.25, -0.2) is 4.98 Å². The van der Waals surface area contributed by atoms with E-state index < -0.39 is 0 Å². The molecule has 0 bridgehead atoms. The molecule has 1 atom stereocenters. The second-order valence-corrected chi connectivity index (χ2v) is 9.66. The van der Waals surface area contributed by atoms with Gasteiger partial charge in [0.15, 0.2) is 0 Å². The Labute approximate surface area is 197 Å². The first-order valence-corrected chi connectivity index (χ1v) is 12.7. The van der Waals surface area contributed by atoms with Gasteiger partial charge in [0.25, 0.3) is 0 Å². The summed E-state index contributed by atoms with van der Waals surface area (Å²) < 4.78 is 1.23. The highest BCUT2D eigenvalue weighted by Gasteiger charge is 2.20. The Morgan fingerprint density at radius 2 is 1.94 bits per heavy atom. The van der Waals surface area contributed by atoms with Crippen LogP contribution in [0.5, 0.6) is 0 Å². The smallest absolute Gasteiger partial charge is 0.217 e. The molecule has 1 saturated carbocycles. The monoisotopic (exact) mass is 462 g/mol. The molecule has 0 spiro atoms. The van der Waals surface area contributed by atoms with Gasteiger partial charge in [-0.3, -0.25) is 4.79 Å². The minimum Gasteiger partial charge on any atom is -0.370 e. The number of hydrogen-bond acceptors (Lipinski definition) is 6. The van der Waals surface area contributed by atoms with Gasteiger partial charge in [0.1, 0.15) is 6.29 Å². The second kappa shape index (κ2) is 15.9. The van der Waals surface area contributed by atoms with Crippen molar-refractivity contribution in [3.63, 3.8) is 0 Å². The van der Waals surface area contributed by atoms with Gasteiger partial charge >= 0.3 is 0 Å². The number of aromatic nitrogens is 1. The van der Waals surface area contributed by atoms with Crippen LogP contribution in [0.3, 0.4) is 0 Å². The zero-order valence-corrected chi connectivity index (χ0v) is 21.0. The summed E-state index contributed by atoms with van der Waals surface area (Å²) in [5, 5.41) is 4.35. The van der Waals surface area contributed by atoms with Crippen LogP contribution >= 0.6 is 11.3 Å². The fraction of sp³-hybridized carbons (Fsp3) is 0.640. The van der Waals surface area contributed by atoms with Crippen LogP contribution in [-0.4, -0.2) is 36.8 Å².